The summed E-state index contributed by atoms with van der Waals surface area (Å²) in [4.78, 5) is 11.0. The van der Waals surface area contributed by atoms with Gasteiger partial charge < -0.3 is 24.6 Å². The maximum atomic E-state index is 11.0. The molecule has 0 aromatic rings. The van der Waals surface area contributed by atoms with E-state index in [1.54, 1.807) is 6.08 Å². The molecule has 0 aliphatic carbocycles. The highest BCUT2D eigenvalue weighted by Crippen LogP contribution is 2.17. The van der Waals surface area contributed by atoms with E-state index in [2.05, 4.69) is 0 Å². The van der Waals surface area contributed by atoms with Crippen molar-refractivity contribution in [3.05, 3.63) is 12.2 Å². The molecule has 0 aromatic heterocycles. The Kier molecular flexibility index (Phi) is 17.2. The van der Waals surface area contributed by atoms with Gasteiger partial charge >= 0.3 is 0 Å². The number of unbranched alkanes of at least 4 members (excludes halogenated alkanes) is 14. The van der Waals surface area contributed by atoms with Crippen molar-refractivity contribution in [2.24, 2.45) is 0 Å². The highest BCUT2D eigenvalue weighted by atomic mass is 16.4. The van der Waals surface area contributed by atoms with Crippen LogP contribution in [0, 0.1) is 0 Å². The SMILES string of the molecule is C[N+](C)(C)CC(O)(C=CCCCCCCCCCCCCCCCCO)CC(=O)[O-]. The number of rotatable bonds is 21. The Morgan fingerprint density at radius 2 is 1.20 bits per heavy atom. The largest absolute Gasteiger partial charge is 0.550 e. The number of carboxylic acid groups (broad SMARTS) is 1. The second-order valence-corrected chi connectivity index (χ2v) is 9.97. The normalized spacial score (nSPS) is 14.3. The Morgan fingerprint density at radius 3 is 1.57 bits per heavy atom. The fraction of sp³-hybridized carbons (Fsp3) is 0.880. The second-order valence-electron chi connectivity index (χ2n) is 9.97. The molecule has 1 atom stereocenters. The lowest BCUT2D eigenvalue weighted by Crippen LogP contribution is -2.50. The van der Waals surface area contributed by atoms with Crippen LogP contribution in [0.2, 0.25) is 0 Å². The molecule has 0 saturated heterocycles. The summed E-state index contributed by atoms with van der Waals surface area (Å²) in [6.07, 6.45) is 21.7. The van der Waals surface area contributed by atoms with Gasteiger partial charge in [-0.05, 0) is 19.3 Å². The third-order valence-electron chi connectivity index (χ3n) is 5.41. The molecule has 1 unspecified atom stereocenters. The van der Waals surface area contributed by atoms with Crippen LogP contribution in [0.1, 0.15) is 103 Å². The Morgan fingerprint density at radius 1 is 0.800 bits per heavy atom. The van der Waals surface area contributed by atoms with Crippen LogP contribution in [0.15, 0.2) is 12.2 Å². The molecule has 0 saturated carbocycles. The number of allylic oxidation sites excluding steroid dienone is 1. The maximum Gasteiger partial charge on any atom is 0.137 e. The molecular weight excluding hydrogens is 378 g/mol. The van der Waals surface area contributed by atoms with Crippen LogP contribution in [0.4, 0.5) is 0 Å². The molecule has 0 amide bonds. The lowest BCUT2D eigenvalue weighted by molar-refractivity contribution is -0.876. The molecule has 0 fully saturated rings. The summed E-state index contributed by atoms with van der Waals surface area (Å²) >= 11 is 0. The lowest BCUT2D eigenvalue weighted by atomic mass is 9.97. The average Bonchev–Trinajstić information content (AvgIpc) is 2.62. The van der Waals surface area contributed by atoms with Gasteiger partial charge in [0.2, 0.25) is 0 Å². The molecule has 2 N–H and O–H groups in total. The van der Waals surface area contributed by atoms with Crippen molar-refractivity contribution < 1.29 is 24.6 Å². The third-order valence-corrected chi connectivity index (χ3v) is 5.41. The van der Waals surface area contributed by atoms with E-state index in [4.69, 9.17) is 5.11 Å². The first-order valence-electron chi connectivity index (χ1n) is 12.2. The van der Waals surface area contributed by atoms with Gasteiger partial charge in [-0.15, -0.1) is 0 Å². The van der Waals surface area contributed by atoms with E-state index in [-0.39, 0.29) is 6.42 Å². The summed E-state index contributed by atoms with van der Waals surface area (Å²) in [6.45, 7) is 0.683. The topological polar surface area (TPSA) is 80.6 Å². The Bertz CT molecular complexity index is 445. The van der Waals surface area contributed by atoms with Crippen molar-refractivity contribution >= 4 is 5.97 Å². The third kappa shape index (κ3) is 20.4. The molecular formula is C25H49NO4. The molecule has 0 rings (SSSR count). The number of aliphatic hydroxyl groups excluding tert-OH is 1. The van der Waals surface area contributed by atoms with Crippen molar-refractivity contribution in [2.45, 2.75) is 108 Å². The van der Waals surface area contributed by atoms with E-state index < -0.39 is 11.6 Å². The van der Waals surface area contributed by atoms with Crippen LogP contribution in [-0.4, -0.2) is 60.6 Å². The molecule has 178 valence electrons. The van der Waals surface area contributed by atoms with E-state index in [1.165, 1.54) is 77.0 Å². The Hall–Kier alpha value is -0.910. The van der Waals surface area contributed by atoms with Gasteiger partial charge in [-0.25, -0.2) is 0 Å². The number of hydrogen-bond acceptors (Lipinski definition) is 4. The van der Waals surface area contributed by atoms with Crippen LogP contribution in [0.5, 0.6) is 0 Å². The van der Waals surface area contributed by atoms with E-state index in [1.807, 2.05) is 27.2 Å². The van der Waals surface area contributed by atoms with Crippen molar-refractivity contribution in [1.29, 1.82) is 0 Å². The minimum Gasteiger partial charge on any atom is -0.550 e. The number of nitrogens with zero attached hydrogens (tertiary/aromatic N) is 1. The van der Waals surface area contributed by atoms with Crippen molar-refractivity contribution in [1.82, 2.24) is 0 Å². The molecule has 0 aromatic carbocycles. The first-order valence-corrected chi connectivity index (χ1v) is 12.2. The molecule has 5 heteroatoms. The Labute approximate surface area is 185 Å². The summed E-state index contributed by atoms with van der Waals surface area (Å²) < 4.78 is 0.499. The average molecular weight is 428 g/mol. The summed E-state index contributed by atoms with van der Waals surface area (Å²) in [5, 5.41) is 30.3. The highest BCUT2D eigenvalue weighted by molar-refractivity contribution is 5.66. The van der Waals surface area contributed by atoms with Crippen molar-refractivity contribution in [3.63, 3.8) is 0 Å². The fourth-order valence-corrected chi connectivity index (χ4v) is 4.04. The van der Waals surface area contributed by atoms with E-state index >= 15 is 0 Å². The standard InChI is InChI=1S/C25H49NO4/c1-26(2,3)23-25(30,22-24(28)29)20-18-16-14-12-10-8-6-4-5-7-9-11-13-15-17-19-21-27/h18,20,27,30H,4-17,19,21-23H2,1-3H3. The molecule has 0 aliphatic rings. The number of carbonyl (C=O) groups is 1. The van der Waals surface area contributed by atoms with Crippen LogP contribution >= 0.6 is 0 Å². The summed E-state index contributed by atoms with van der Waals surface area (Å²) in [7, 11) is 5.82. The first-order chi connectivity index (χ1) is 14.2. The maximum absolute atomic E-state index is 11.0. The van der Waals surface area contributed by atoms with Crippen LogP contribution in [-0.2, 0) is 4.79 Å². The quantitative estimate of drug-likeness (QED) is 0.165. The summed E-state index contributed by atoms with van der Waals surface area (Å²) in [6, 6.07) is 0. The van der Waals surface area contributed by atoms with E-state index in [0.29, 0.717) is 17.6 Å². The van der Waals surface area contributed by atoms with Gasteiger partial charge in [0.25, 0.3) is 0 Å². The highest BCUT2D eigenvalue weighted by Gasteiger charge is 2.30. The minimum atomic E-state index is -1.34. The minimum absolute atomic E-state index is 0.335. The molecule has 0 bridgehead atoms. The van der Waals surface area contributed by atoms with Gasteiger partial charge in [0.1, 0.15) is 12.1 Å². The predicted octanol–water partition coefficient (Wildman–Crippen LogP) is 3.96. The van der Waals surface area contributed by atoms with Crippen LogP contribution in [0.25, 0.3) is 0 Å². The van der Waals surface area contributed by atoms with Gasteiger partial charge in [-0.1, -0.05) is 89.2 Å². The monoisotopic (exact) mass is 427 g/mol. The summed E-state index contributed by atoms with van der Waals surface area (Å²) in [5.41, 5.74) is -1.34. The van der Waals surface area contributed by atoms with Gasteiger partial charge in [0.05, 0.1) is 21.1 Å². The van der Waals surface area contributed by atoms with E-state index in [0.717, 1.165) is 19.3 Å². The van der Waals surface area contributed by atoms with Gasteiger partial charge in [-0.3, -0.25) is 0 Å². The van der Waals surface area contributed by atoms with E-state index in [9.17, 15) is 15.0 Å². The number of likely N-dealkylation sites (N-methyl/N-ethyl adjacent to an activating group) is 1. The summed E-state index contributed by atoms with van der Waals surface area (Å²) in [5.74, 6) is -1.21. The molecule has 0 heterocycles. The van der Waals surface area contributed by atoms with Crippen molar-refractivity contribution in [3.8, 4) is 0 Å². The van der Waals surface area contributed by atoms with Crippen molar-refractivity contribution in [2.75, 3.05) is 34.3 Å². The molecule has 0 radical (unpaired) electrons. The second kappa shape index (κ2) is 17.7. The number of quaternary nitrogens is 1. The molecule has 0 aliphatic heterocycles. The number of aliphatic carboxylic acids is 1. The van der Waals surface area contributed by atoms with Gasteiger partial charge in [-0.2, -0.15) is 0 Å². The molecule has 5 nitrogen and oxygen atoms in total. The smallest absolute Gasteiger partial charge is 0.137 e. The van der Waals surface area contributed by atoms with Crippen LogP contribution < -0.4 is 5.11 Å². The zero-order chi connectivity index (χ0) is 22.7. The zero-order valence-electron chi connectivity index (χ0n) is 20.0. The number of carbonyl (C=O) groups excluding carboxylic acids is 1. The number of aliphatic hydroxyl groups is 2. The lowest BCUT2D eigenvalue weighted by Gasteiger charge is -2.34. The zero-order valence-corrected chi connectivity index (χ0v) is 20.0. The molecule has 30 heavy (non-hydrogen) atoms. The molecule has 0 spiro atoms. The first kappa shape index (κ1) is 29.1. The number of carboxylic acids is 1. The van der Waals surface area contributed by atoms with Gasteiger partial charge in [0, 0.05) is 19.0 Å². The predicted molar refractivity (Wildman–Crippen MR) is 123 cm³/mol. The van der Waals surface area contributed by atoms with Crippen LogP contribution in [0.3, 0.4) is 0 Å². The number of hydrogen-bond donors (Lipinski definition) is 2. The van der Waals surface area contributed by atoms with Gasteiger partial charge in [0.15, 0.2) is 0 Å². The Balaban J connectivity index is 3.64. The fourth-order valence-electron chi connectivity index (χ4n) is 4.04.